The lowest BCUT2D eigenvalue weighted by Crippen LogP contribution is -2.60. The number of aliphatic hydroxyl groups excluding tert-OH is 1. The van der Waals surface area contributed by atoms with Crippen LogP contribution in [0, 0.1) is 5.41 Å². The van der Waals surface area contributed by atoms with Gasteiger partial charge in [-0.25, -0.2) is 14.4 Å². The number of alkyl halides is 1. The van der Waals surface area contributed by atoms with Crippen molar-refractivity contribution in [3.63, 3.8) is 0 Å². The Kier molecular flexibility index (Phi) is 9.56. The lowest BCUT2D eigenvalue weighted by Gasteiger charge is -2.34. The summed E-state index contributed by atoms with van der Waals surface area (Å²) in [6.07, 6.45) is -0.151. The minimum Gasteiger partial charge on any atom is -0.479 e. The number of hydrogen-bond acceptors (Lipinski definition) is 7. The first kappa shape index (κ1) is 34.9. The third-order valence-corrected chi connectivity index (χ3v) is 11.4. The van der Waals surface area contributed by atoms with E-state index in [4.69, 9.17) is 4.74 Å². The lowest BCUT2D eigenvalue weighted by atomic mass is 9.86. The van der Waals surface area contributed by atoms with Crippen LogP contribution in [0.15, 0.2) is 48.5 Å². The first-order valence-corrected chi connectivity index (χ1v) is 17.8. The second-order valence-corrected chi connectivity index (χ2v) is 15.9. The molecule has 2 aromatic carbocycles. The highest BCUT2D eigenvalue weighted by Gasteiger charge is 2.61. The fourth-order valence-electron chi connectivity index (χ4n) is 7.08. The quantitative estimate of drug-likeness (QED) is 0.210. The van der Waals surface area contributed by atoms with Gasteiger partial charge in [-0.15, -0.1) is 0 Å². The number of rotatable bonds is 7. The van der Waals surface area contributed by atoms with Crippen LogP contribution in [0.5, 0.6) is 0 Å². The number of nitrogens with one attached hydrogen (secondary N) is 3. The molecule has 4 aliphatic rings. The number of carbonyl (C=O) groups is 5. The molecule has 6 rings (SSSR count). The molecular weight excluding hydrogens is 745 g/mol. The monoisotopic (exact) mass is 787 g/mol. The molecule has 2 aliphatic carbocycles. The van der Waals surface area contributed by atoms with Crippen LogP contribution >= 0.6 is 22.6 Å². The van der Waals surface area contributed by atoms with Crippen LogP contribution in [0.4, 0.5) is 15.3 Å². The minimum absolute atomic E-state index is 0.0560. The van der Waals surface area contributed by atoms with E-state index in [0.29, 0.717) is 13.0 Å². The molecule has 262 valence electrons. The standard InChI is InChI=1S/C35H42IN5O8/c1-34(2,3)28(30(44)37-27-22-12-6-4-10-20(22)15-25(27)42)38-32(47)41-18-21(16-24(41)29(43)39-35(31(45)46)17-26(35)36)49-33(48)40-14-8-11-19-9-5-7-13-23(19)40/h4-7,9-10,12-13,21,24-28,42H,8,11,14-18H2,1-3H3,(H,37,44)(H,38,47)(H,39,43)(H,45,46)/t21-,24+,25-,26-,27+,28-,35-/m1/s1. The number of benzene rings is 2. The van der Waals surface area contributed by atoms with E-state index in [-0.39, 0.29) is 23.3 Å². The minimum atomic E-state index is -1.45. The molecule has 0 radical (unpaired) electrons. The van der Waals surface area contributed by atoms with Gasteiger partial charge in [-0.1, -0.05) is 85.8 Å². The summed E-state index contributed by atoms with van der Waals surface area (Å²) in [7, 11) is 0. The van der Waals surface area contributed by atoms with Crippen molar-refractivity contribution in [2.75, 3.05) is 18.0 Å². The number of ether oxygens (including phenoxy) is 1. The van der Waals surface area contributed by atoms with Gasteiger partial charge in [-0.2, -0.15) is 0 Å². The van der Waals surface area contributed by atoms with Crippen molar-refractivity contribution in [3.05, 3.63) is 65.2 Å². The molecule has 2 heterocycles. The third-order valence-electron chi connectivity index (χ3n) is 9.93. The average Bonchev–Trinajstić information content (AvgIpc) is 3.36. The van der Waals surface area contributed by atoms with Gasteiger partial charge in [-0.05, 0) is 47.4 Å². The number of likely N-dealkylation sites (tertiary alicyclic amines) is 1. The number of aliphatic hydroxyl groups is 1. The van der Waals surface area contributed by atoms with Gasteiger partial charge in [0, 0.05) is 23.3 Å². The van der Waals surface area contributed by atoms with Crippen LogP contribution in [-0.4, -0.2) is 91.9 Å². The van der Waals surface area contributed by atoms with E-state index in [1.807, 2.05) is 71.1 Å². The van der Waals surface area contributed by atoms with Gasteiger partial charge >= 0.3 is 18.1 Å². The number of aliphatic carboxylic acids is 1. The summed E-state index contributed by atoms with van der Waals surface area (Å²) in [4.78, 5) is 69.8. The molecule has 5 amide bonds. The average molecular weight is 788 g/mol. The number of carboxylic acid groups (broad SMARTS) is 1. The Morgan fingerprint density at radius 2 is 1.71 bits per heavy atom. The SMILES string of the molecule is CC(C)(C)[C@H](NC(=O)N1C[C@H](OC(=O)N2CCCc3ccccc32)C[C@H]1C(=O)N[C@]1(C(=O)O)C[C@H]1I)C(=O)N[C@H]1c2ccccc2C[C@H]1O. The van der Waals surface area contributed by atoms with E-state index < -0.39 is 71.2 Å². The van der Waals surface area contributed by atoms with E-state index in [2.05, 4.69) is 16.0 Å². The maximum Gasteiger partial charge on any atom is 0.414 e. The second kappa shape index (κ2) is 13.4. The van der Waals surface area contributed by atoms with E-state index in [1.165, 1.54) is 4.90 Å². The first-order chi connectivity index (χ1) is 23.2. The third kappa shape index (κ3) is 6.94. The number of halogens is 1. The van der Waals surface area contributed by atoms with Crippen LogP contribution in [0.3, 0.4) is 0 Å². The number of fused-ring (bicyclic) bond motifs is 2. The van der Waals surface area contributed by atoms with Crippen LogP contribution in [0.25, 0.3) is 0 Å². The second-order valence-electron chi connectivity index (χ2n) is 14.4. The fraction of sp³-hybridized carbons (Fsp3) is 0.514. The Hall–Kier alpha value is -3.92. The molecule has 0 spiro atoms. The maximum absolute atomic E-state index is 14.0. The van der Waals surface area contributed by atoms with Crippen LogP contribution < -0.4 is 20.9 Å². The summed E-state index contributed by atoms with van der Waals surface area (Å²) in [5, 5.41) is 29.0. The molecule has 2 fully saturated rings. The normalized spacial score (nSPS) is 27.7. The van der Waals surface area contributed by atoms with Gasteiger partial charge in [-0.3, -0.25) is 14.5 Å². The highest BCUT2D eigenvalue weighted by molar-refractivity contribution is 14.1. The number of para-hydroxylation sites is 1. The van der Waals surface area contributed by atoms with Crippen LogP contribution in [0.1, 0.15) is 62.8 Å². The predicted octanol–water partition coefficient (Wildman–Crippen LogP) is 3.06. The maximum atomic E-state index is 14.0. The molecule has 1 saturated carbocycles. The first-order valence-electron chi connectivity index (χ1n) is 16.6. The lowest BCUT2D eigenvalue weighted by molar-refractivity contribution is -0.143. The Bertz CT molecular complexity index is 1660. The number of aryl methyl sites for hydroxylation is 1. The Morgan fingerprint density at radius 3 is 2.39 bits per heavy atom. The fourth-order valence-corrected chi connectivity index (χ4v) is 8.20. The number of amides is 5. The summed E-state index contributed by atoms with van der Waals surface area (Å²) in [6, 6.07) is 11.4. The summed E-state index contributed by atoms with van der Waals surface area (Å²) < 4.78 is 5.57. The van der Waals surface area contributed by atoms with Gasteiger partial charge < -0.3 is 35.8 Å². The van der Waals surface area contributed by atoms with Gasteiger partial charge in [0.25, 0.3) is 0 Å². The van der Waals surface area contributed by atoms with Crippen molar-refractivity contribution in [2.45, 2.75) is 92.7 Å². The van der Waals surface area contributed by atoms with Gasteiger partial charge in [0.2, 0.25) is 11.8 Å². The van der Waals surface area contributed by atoms with Gasteiger partial charge in [0.1, 0.15) is 18.2 Å². The molecule has 49 heavy (non-hydrogen) atoms. The Labute approximate surface area is 298 Å². The smallest absolute Gasteiger partial charge is 0.414 e. The number of anilines is 1. The number of carbonyl (C=O) groups excluding carboxylic acids is 4. The number of hydrogen-bond donors (Lipinski definition) is 5. The van der Waals surface area contributed by atoms with Crippen LogP contribution in [0.2, 0.25) is 0 Å². The molecule has 5 N–H and O–H groups in total. The predicted molar refractivity (Wildman–Crippen MR) is 187 cm³/mol. The topological polar surface area (TPSA) is 178 Å². The van der Waals surface area contributed by atoms with E-state index >= 15 is 0 Å². The van der Waals surface area contributed by atoms with Crippen molar-refractivity contribution in [3.8, 4) is 0 Å². The van der Waals surface area contributed by atoms with E-state index in [0.717, 1.165) is 35.2 Å². The van der Waals surface area contributed by atoms with E-state index in [9.17, 15) is 34.2 Å². The van der Waals surface area contributed by atoms with Crippen molar-refractivity contribution in [1.82, 2.24) is 20.9 Å². The Balaban J connectivity index is 1.20. The number of urea groups is 1. The zero-order chi connectivity index (χ0) is 35.2. The summed E-state index contributed by atoms with van der Waals surface area (Å²) in [6.45, 7) is 5.67. The zero-order valence-electron chi connectivity index (χ0n) is 27.6. The molecule has 2 aliphatic heterocycles. The van der Waals surface area contributed by atoms with Crippen molar-refractivity contribution < 1.29 is 38.9 Å². The molecule has 0 unspecified atom stereocenters. The van der Waals surface area contributed by atoms with Crippen molar-refractivity contribution in [2.24, 2.45) is 5.41 Å². The highest BCUT2D eigenvalue weighted by atomic mass is 127. The Morgan fingerprint density at radius 1 is 1.04 bits per heavy atom. The van der Waals surface area contributed by atoms with E-state index in [1.54, 1.807) is 25.7 Å². The molecule has 0 aromatic heterocycles. The summed E-state index contributed by atoms with van der Waals surface area (Å²) >= 11 is 1.97. The number of nitrogens with zero attached hydrogens (tertiary/aromatic N) is 2. The van der Waals surface area contributed by atoms with Gasteiger partial charge in [0.05, 0.1) is 24.4 Å². The van der Waals surface area contributed by atoms with Crippen molar-refractivity contribution in [1.29, 1.82) is 0 Å². The molecular formula is C35H42IN5O8. The summed E-state index contributed by atoms with van der Waals surface area (Å²) in [5.74, 6) is -2.36. The van der Waals surface area contributed by atoms with Crippen LogP contribution in [-0.2, 0) is 32.0 Å². The molecule has 1 saturated heterocycles. The molecule has 0 bridgehead atoms. The summed E-state index contributed by atoms with van der Waals surface area (Å²) in [5.41, 5.74) is 1.27. The highest BCUT2D eigenvalue weighted by Crippen LogP contribution is 2.44. The molecule has 13 nitrogen and oxygen atoms in total. The van der Waals surface area contributed by atoms with Crippen molar-refractivity contribution >= 4 is 58.2 Å². The zero-order valence-corrected chi connectivity index (χ0v) is 29.8. The molecule has 2 aromatic rings. The van der Waals surface area contributed by atoms with Gasteiger partial charge in [0.15, 0.2) is 5.54 Å². The number of carboxylic acids is 1. The molecule has 14 heteroatoms. The molecule has 7 atom stereocenters. The largest absolute Gasteiger partial charge is 0.479 e.